The largest absolute Gasteiger partial charge is 0.481 e. The quantitative estimate of drug-likeness (QED) is 0.809. The number of carboxylic acids is 1. The third-order valence-electron chi connectivity index (χ3n) is 2.25. The monoisotopic (exact) mass is 275 g/mol. The summed E-state index contributed by atoms with van der Waals surface area (Å²) in [6.07, 6.45) is -0.282. The van der Waals surface area contributed by atoms with Gasteiger partial charge in [-0.05, 0) is 25.2 Å². The van der Waals surface area contributed by atoms with Crippen LogP contribution in [0.1, 0.15) is 16.8 Å². The van der Waals surface area contributed by atoms with Gasteiger partial charge in [0, 0.05) is 5.56 Å². The maximum absolute atomic E-state index is 11.9. The summed E-state index contributed by atoms with van der Waals surface area (Å²) in [5.41, 5.74) is 0.333. The molecule has 92 valence electrons. The number of hydrogen-bond acceptors (Lipinski definition) is 3. The first-order valence-corrected chi connectivity index (χ1v) is 5.59. The van der Waals surface area contributed by atoms with Crippen molar-refractivity contribution in [2.75, 3.05) is 7.05 Å². The summed E-state index contributed by atoms with van der Waals surface area (Å²) in [5.74, 6) is -1.37. The lowest BCUT2D eigenvalue weighted by molar-refractivity contribution is -0.137. The van der Waals surface area contributed by atoms with Crippen LogP contribution in [0.3, 0.4) is 0 Å². The van der Waals surface area contributed by atoms with Gasteiger partial charge < -0.3 is 10.4 Å². The van der Waals surface area contributed by atoms with Crippen LogP contribution < -0.4 is 5.32 Å². The summed E-state index contributed by atoms with van der Waals surface area (Å²) in [6.45, 7) is 0. The molecule has 0 saturated carbocycles. The highest BCUT2D eigenvalue weighted by molar-refractivity contribution is 6.42. The lowest BCUT2D eigenvalue weighted by atomic mass is 10.0. The Morgan fingerprint density at radius 3 is 2.47 bits per heavy atom. The van der Waals surface area contributed by atoms with Crippen LogP contribution in [0.15, 0.2) is 18.2 Å². The van der Waals surface area contributed by atoms with Crippen LogP contribution in [0.2, 0.25) is 10.0 Å². The predicted octanol–water partition coefficient (Wildman–Crippen LogP) is 2.24. The van der Waals surface area contributed by atoms with Crippen LogP contribution in [-0.4, -0.2) is 29.9 Å². The molecule has 0 fully saturated rings. The molecule has 0 spiro atoms. The summed E-state index contributed by atoms with van der Waals surface area (Å²) in [5, 5.41) is 11.9. The number of Topliss-reactive ketones (excluding diaryl/α,β-unsaturated/α-hetero) is 1. The summed E-state index contributed by atoms with van der Waals surface area (Å²) in [4.78, 5) is 22.5. The van der Waals surface area contributed by atoms with Crippen LogP contribution in [0, 0.1) is 0 Å². The van der Waals surface area contributed by atoms with Crippen molar-refractivity contribution in [2.45, 2.75) is 12.5 Å². The Morgan fingerprint density at radius 1 is 1.35 bits per heavy atom. The lowest BCUT2D eigenvalue weighted by Crippen LogP contribution is -2.36. The topological polar surface area (TPSA) is 66.4 Å². The van der Waals surface area contributed by atoms with E-state index in [0.717, 1.165) is 0 Å². The van der Waals surface area contributed by atoms with E-state index in [1.165, 1.54) is 25.2 Å². The van der Waals surface area contributed by atoms with E-state index >= 15 is 0 Å². The van der Waals surface area contributed by atoms with Gasteiger partial charge in [0.15, 0.2) is 5.78 Å². The van der Waals surface area contributed by atoms with Crippen molar-refractivity contribution in [1.29, 1.82) is 0 Å². The minimum absolute atomic E-state index is 0.266. The molecule has 0 saturated heterocycles. The molecular formula is C11H11Cl2NO3. The first kappa shape index (κ1) is 14.0. The Hall–Kier alpha value is -1.10. The second kappa shape index (κ2) is 6.00. The minimum atomic E-state index is -1.04. The number of nitrogens with one attached hydrogen (secondary N) is 1. The van der Waals surface area contributed by atoms with Crippen molar-refractivity contribution in [1.82, 2.24) is 5.32 Å². The lowest BCUT2D eigenvalue weighted by Gasteiger charge is -2.12. The zero-order valence-electron chi connectivity index (χ0n) is 9.04. The zero-order valence-corrected chi connectivity index (χ0v) is 10.5. The average Bonchev–Trinajstić information content (AvgIpc) is 2.28. The third kappa shape index (κ3) is 3.70. The second-order valence-corrected chi connectivity index (χ2v) is 4.25. The number of aliphatic carboxylic acids is 1. The molecule has 0 heterocycles. The van der Waals surface area contributed by atoms with E-state index in [1.54, 1.807) is 0 Å². The van der Waals surface area contributed by atoms with Crippen molar-refractivity contribution in [2.24, 2.45) is 0 Å². The summed E-state index contributed by atoms with van der Waals surface area (Å²) < 4.78 is 0. The molecule has 1 rings (SSSR count). The maximum atomic E-state index is 11.9. The van der Waals surface area contributed by atoms with Crippen molar-refractivity contribution >= 4 is 35.0 Å². The maximum Gasteiger partial charge on any atom is 0.305 e. The van der Waals surface area contributed by atoms with Gasteiger partial charge >= 0.3 is 5.97 Å². The predicted molar refractivity (Wildman–Crippen MR) is 65.9 cm³/mol. The molecule has 1 aromatic rings. The second-order valence-electron chi connectivity index (χ2n) is 3.43. The average molecular weight is 276 g/mol. The molecule has 4 nitrogen and oxygen atoms in total. The van der Waals surface area contributed by atoms with Gasteiger partial charge in [0.2, 0.25) is 0 Å². The smallest absolute Gasteiger partial charge is 0.305 e. The van der Waals surface area contributed by atoms with Crippen LogP contribution in [0.5, 0.6) is 0 Å². The summed E-state index contributed by atoms with van der Waals surface area (Å²) in [6, 6.07) is 3.68. The number of carboxylic acid groups (broad SMARTS) is 1. The fraction of sp³-hybridized carbons (Fsp3) is 0.273. The van der Waals surface area contributed by atoms with E-state index in [4.69, 9.17) is 28.3 Å². The van der Waals surface area contributed by atoms with E-state index < -0.39 is 12.0 Å². The summed E-state index contributed by atoms with van der Waals surface area (Å²) >= 11 is 11.5. The molecule has 2 N–H and O–H groups in total. The molecule has 1 atom stereocenters. The number of likely N-dealkylation sites (N-methyl/N-ethyl adjacent to an activating group) is 1. The van der Waals surface area contributed by atoms with Gasteiger partial charge in [0.1, 0.15) is 0 Å². The molecular weight excluding hydrogens is 265 g/mol. The molecule has 0 radical (unpaired) electrons. The first-order valence-electron chi connectivity index (χ1n) is 4.84. The standard InChI is InChI=1S/C11H11Cl2NO3/c1-14-9(5-10(15)16)11(17)6-2-3-7(12)8(13)4-6/h2-4,9,14H,5H2,1H3,(H,15,16). The molecule has 0 bridgehead atoms. The van der Waals surface area contributed by atoms with E-state index in [9.17, 15) is 9.59 Å². The Bertz CT molecular complexity index is 448. The van der Waals surface area contributed by atoms with E-state index in [0.29, 0.717) is 10.6 Å². The van der Waals surface area contributed by atoms with Crippen molar-refractivity contribution in [3.8, 4) is 0 Å². The molecule has 0 aromatic heterocycles. The van der Waals surface area contributed by atoms with Crippen molar-refractivity contribution in [3.05, 3.63) is 33.8 Å². The van der Waals surface area contributed by atoms with Gasteiger partial charge in [0.05, 0.1) is 22.5 Å². The highest BCUT2D eigenvalue weighted by Crippen LogP contribution is 2.23. The molecule has 17 heavy (non-hydrogen) atoms. The third-order valence-corrected chi connectivity index (χ3v) is 2.99. The first-order chi connectivity index (χ1) is 7.95. The number of rotatable bonds is 5. The molecule has 1 aromatic carbocycles. The Labute approximate surface area is 109 Å². The number of halogens is 2. The van der Waals surface area contributed by atoms with E-state index in [2.05, 4.69) is 5.32 Å². The van der Waals surface area contributed by atoms with Gasteiger partial charge in [-0.15, -0.1) is 0 Å². The minimum Gasteiger partial charge on any atom is -0.481 e. The SMILES string of the molecule is CNC(CC(=O)O)C(=O)c1ccc(Cl)c(Cl)c1. The zero-order chi connectivity index (χ0) is 13.0. The molecule has 0 aliphatic carbocycles. The van der Waals surface area contributed by atoms with Crippen LogP contribution in [0.4, 0.5) is 0 Å². The Kier molecular flexibility index (Phi) is 4.93. The van der Waals surface area contributed by atoms with Crippen LogP contribution in [-0.2, 0) is 4.79 Å². The van der Waals surface area contributed by atoms with E-state index in [1.807, 2.05) is 0 Å². The number of ketones is 1. The fourth-order valence-corrected chi connectivity index (χ4v) is 1.65. The van der Waals surface area contributed by atoms with E-state index in [-0.39, 0.29) is 17.2 Å². The fourth-order valence-electron chi connectivity index (χ4n) is 1.35. The highest BCUT2D eigenvalue weighted by atomic mass is 35.5. The van der Waals surface area contributed by atoms with Gasteiger partial charge in [-0.1, -0.05) is 23.2 Å². The van der Waals surface area contributed by atoms with Crippen molar-refractivity contribution in [3.63, 3.8) is 0 Å². The normalized spacial score (nSPS) is 12.2. The van der Waals surface area contributed by atoms with Crippen LogP contribution >= 0.6 is 23.2 Å². The molecule has 6 heteroatoms. The molecule has 0 aliphatic heterocycles. The van der Waals surface area contributed by atoms with Gasteiger partial charge in [-0.25, -0.2) is 0 Å². The van der Waals surface area contributed by atoms with Gasteiger partial charge in [0.25, 0.3) is 0 Å². The van der Waals surface area contributed by atoms with Gasteiger partial charge in [-0.2, -0.15) is 0 Å². The molecule has 0 amide bonds. The highest BCUT2D eigenvalue weighted by Gasteiger charge is 2.21. The number of benzene rings is 1. The van der Waals surface area contributed by atoms with Crippen LogP contribution in [0.25, 0.3) is 0 Å². The van der Waals surface area contributed by atoms with Gasteiger partial charge in [-0.3, -0.25) is 9.59 Å². The number of hydrogen-bond donors (Lipinski definition) is 2. The van der Waals surface area contributed by atoms with Crippen molar-refractivity contribution < 1.29 is 14.7 Å². The molecule has 0 aliphatic rings. The Morgan fingerprint density at radius 2 is 2.00 bits per heavy atom. The number of carbonyl (C=O) groups is 2. The number of carbonyl (C=O) groups excluding carboxylic acids is 1. The Balaban J connectivity index is 2.93. The summed E-state index contributed by atoms with van der Waals surface area (Å²) in [7, 11) is 1.53. The molecule has 1 unspecified atom stereocenters.